The molecule has 0 spiro atoms. The van der Waals surface area contributed by atoms with E-state index in [1.165, 1.54) is 27.9 Å². The van der Waals surface area contributed by atoms with Gasteiger partial charge in [-0.1, -0.05) is 43.3 Å². The molecule has 2 aromatic carbocycles. The summed E-state index contributed by atoms with van der Waals surface area (Å²) in [6.45, 7) is 7.44. The third-order valence-corrected chi connectivity index (χ3v) is 3.50. The largest absolute Gasteiger partial charge is 0.381 e. The van der Waals surface area contributed by atoms with Gasteiger partial charge in [-0.05, 0) is 48.6 Å². The Morgan fingerprint density at radius 1 is 0.889 bits per heavy atom. The maximum absolute atomic E-state index is 3.56. The lowest BCUT2D eigenvalue weighted by Crippen LogP contribution is -2.05. The molecule has 1 heteroatoms. The summed E-state index contributed by atoms with van der Waals surface area (Å²) in [7, 11) is 0. The quantitative estimate of drug-likeness (QED) is 0.829. The van der Waals surface area contributed by atoms with E-state index in [1.807, 2.05) is 0 Å². The standard InChI is InChI=1S/C17H21N/c1-4-15-10-5-6-11-17(15)18-12-16-13(2)8-7-9-14(16)3/h5-11,18H,4,12H2,1-3H3. The van der Waals surface area contributed by atoms with Crippen molar-refractivity contribution in [2.45, 2.75) is 33.7 Å². The van der Waals surface area contributed by atoms with Gasteiger partial charge < -0.3 is 5.32 Å². The van der Waals surface area contributed by atoms with Crippen molar-refractivity contribution < 1.29 is 0 Å². The van der Waals surface area contributed by atoms with E-state index in [4.69, 9.17) is 0 Å². The van der Waals surface area contributed by atoms with E-state index in [1.54, 1.807) is 0 Å². The highest BCUT2D eigenvalue weighted by molar-refractivity contribution is 5.52. The molecule has 0 aliphatic rings. The fraction of sp³-hybridized carbons (Fsp3) is 0.294. The van der Waals surface area contributed by atoms with Crippen LogP contribution in [0.3, 0.4) is 0 Å². The van der Waals surface area contributed by atoms with Crippen molar-refractivity contribution in [2.24, 2.45) is 0 Å². The van der Waals surface area contributed by atoms with Crippen molar-refractivity contribution in [3.8, 4) is 0 Å². The molecule has 94 valence electrons. The van der Waals surface area contributed by atoms with E-state index in [-0.39, 0.29) is 0 Å². The maximum atomic E-state index is 3.56. The molecule has 2 aromatic rings. The van der Waals surface area contributed by atoms with Crippen molar-refractivity contribution in [2.75, 3.05) is 5.32 Å². The average molecular weight is 239 g/mol. The van der Waals surface area contributed by atoms with Crippen molar-refractivity contribution in [3.63, 3.8) is 0 Å². The van der Waals surface area contributed by atoms with Crippen LogP contribution in [-0.4, -0.2) is 0 Å². The number of nitrogens with one attached hydrogen (secondary N) is 1. The molecule has 0 aliphatic carbocycles. The van der Waals surface area contributed by atoms with Crippen LogP contribution in [-0.2, 0) is 13.0 Å². The topological polar surface area (TPSA) is 12.0 Å². The van der Waals surface area contributed by atoms with Crippen LogP contribution in [0.2, 0.25) is 0 Å². The second kappa shape index (κ2) is 5.72. The van der Waals surface area contributed by atoms with Crippen LogP contribution >= 0.6 is 0 Å². The van der Waals surface area contributed by atoms with Crippen molar-refractivity contribution in [1.82, 2.24) is 0 Å². The van der Waals surface area contributed by atoms with Crippen LogP contribution in [0.5, 0.6) is 0 Å². The lowest BCUT2D eigenvalue weighted by Gasteiger charge is -2.14. The molecule has 1 nitrogen and oxygen atoms in total. The van der Waals surface area contributed by atoms with Gasteiger partial charge in [-0.25, -0.2) is 0 Å². The molecule has 18 heavy (non-hydrogen) atoms. The first-order valence-electron chi connectivity index (χ1n) is 6.59. The summed E-state index contributed by atoms with van der Waals surface area (Å²) in [4.78, 5) is 0. The van der Waals surface area contributed by atoms with Gasteiger partial charge >= 0.3 is 0 Å². The normalized spacial score (nSPS) is 10.4. The number of para-hydroxylation sites is 1. The third-order valence-electron chi connectivity index (χ3n) is 3.50. The lowest BCUT2D eigenvalue weighted by atomic mass is 10.0. The second-order valence-electron chi connectivity index (χ2n) is 4.73. The Hall–Kier alpha value is -1.76. The molecule has 2 rings (SSSR count). The molecule has 0 bridgehead atoms. The fourth-order valence-electron chi connectivity index (χ4n) is 2.31. The monoisotopic (exact) mass is 239 g/mol. The highest BCUT2D eigenvalue weighted by atomic mass is 14.9. The summed E-state index contributed by atoms with van der Waals surface area (Å²) >= 11 is 0. The number of hydrogen-bond donors (Lipinski definition) is 1. The fourth-order valence-corrected chi connectivity index (χ4v) is 2.31. The van der Waals surface area contributed by atoms with Crippen LogP contribution < -0.4 is 5.32 Å². The summed E-state index contributed by atoms with van der Waals surface area (Å²) in [5, 5.41) is 3.56. The van der Waals surface area contributed by atoms with Gasteiger partial charge in [-0.3, -0.25) is 0 Å². The van der Waals surface area contributed by atoms with Gasteiger partial charge in [0.1, 0.15) is 0 Å². The molecule has 0 unspecified atom stereocenters. The van der Waals surface area contributed by atoms with Crippen LogP contribution in [0.25, 0.3) is 0 Å². The Balaban J connectivity index is 2.16. The highest BCUT2D eigenvalue weighted by Gasteiger charge is 2.03. The number of anilines is 1. The van der Waals surface area contributed by atoms with Gasteiger partial charge in [0.05, 0.1) is 0 Å². The predicted octanol–water partition coefficient (Wildman–Crippen LogP) is 4.48. The minimum atomic E-state index is 0.898. The van der Waals surface area contributed by atoms with Crippen molar-refractivity contribution in [1.29, 1.82) is 0 Å². The van der Waals surface area contributed by atoms with E-state index >= 15 is 0 Å². The smallest absolute Gasteiger partial charge is 0.0406 e. The summed E-state index contributed by atoms with van der Waals surface area (Å²) in [5.74, 6) is 0. The average Bonchev–Trinajstić information content (AvgIpc) is 2.38. The van der Waals surface area contributed by atoms with E-state index in [9.17, 15) is 0 Å². The lowest BCUT2D eigenvalue weighted by molar-refractivity contribution is 1.06. The van der Waals surface area contributed by atoms with Gasteiger partial charge in [-0.15, -0.1) is 0 Å². The second-order valence-corrected chi connectivity index (χ2v) is 4.73. The SMILES string of the molecule is CCc1ccccc1NCc1c(C)cccc1C. The van der Waals surface area contributed by atoms with Gasteiger partial charge in [-0.2, -0.15) is 0 Å². The number of aryl methyl sites for hydroxylation is 3. The summed E-state index contributed by atoms with van der Waals surface area (Å²) in [6.07, 6.45) is 1.07. The zero-order chi connectivity index (χ0) is 13.0. The molecule has 1 N–H and O–H groups in total. The molecule has 0 amide bonds. The predicted molar refractivity (Wildman–Crippen MR) is 79.1 cm³/mol. The molecular formula is C17H21N. The van der Waals surface area contributed by atoms with E-state index < -0.39 is 0 Å². The van der Waals surface area contributed by atoms with Crippen LogP contribution in [0.15, 0.2) is 42.5 Å². The Kier molecular flexibility index (Phi) is 4.03. The Morgan fingerprint density at radius 2 is 1.56 bits per heavy atom. The van der Waals surface area contributed by atoms with E-state index in [0.717, 1.165) is 13.0 Å². The van der Waals surface area contributed by atoms with E-state index in [0.29, 0.717) is 0 Å². The van der Waals surface area contributed by atoms with Crippen LogP contribution in [0.4, 0.5) is 5.69 Å². The van der Waals surface area contributed by atoms with Crippen molar-refractivity contribution in [3.05, 3.63) is 64.7 Å². The Bertz CT molecular complexity index is 509. The Morgan fingerprint density at radius 3 is 2.22 bits per heavy atom. The molecule has 0 heterocycles. The molecule has 0 saturated carbocycles. The Labute approximate surface area is 110 Å². The molecule has 0 fully saturated rings. The number of benzene rings is 2. The summed E-state index contributed by atoms with van der Waals surface area (Å²) < 4.78 is 0. The molecular weight excluding hydrogens is 218 g/mol. The molecule has 0 aliphatic heterocycles. The summed E-state index contributed by atoms with van der Waals surface area (Å²) in [6, 6.07) is 15.0. The zero-order valence-corrected chi connectivity index (χ0v) is 11.5. The zero-order valence-electron chi connectivity index (χ0n) is 11.5. The van der Waals surface area contributed by atoms with Gasteiger partial charge in [0.2, 0.25) is 0 Å². The number of rotatable bonds is 4. The first-order valence-corrected chi connectivity index (χ1v) is 6.59. The van der Waals surface area contributed by atoms with Crippen LogP contribution in [0.1, 0.15) is 29.2 Å². The van der Waals surface area contributed by atoms with Crippen molar-refractivity contribution >= 4 is 5.69 Å². The highest BCUT2D eigenvalue weighted by Crippen LogP contribution is 2.19. The summed E-state index contributed by atoms with van der Waals surface area (Å²) in [5.41, 5.74) is 6.75. The number of hydrogen-bond acceptors (Lipinski definition) is 1. The molecule has 0 aromatic heterocycles. The first-order chi connectivity index (χ1) is 8.72. The van der Waals surface area contributed by atoms with E-state index in [2.05, 4.69) is 68.6 Å². The van der Waals surface area contributed by atoms with Gasteiger partial charge in [0, 0.05) is 12.2 Å². The van der Waals surface area contributed by atoms with Crippen LogP contribution in [0, 0.1) is 13.8 Å². The molecule has 0 atom stereocenters. The third kappa shape index (κ3) is 2.73. The minimum Gasteiger partial charge on any atom is -0.381 e. The minimum absolute atomic E-state index is 0.898. The first kappa shape index (κ1) is 12.7. The molecule has 0 saturated heterocycles. The van der Waals surface area contributed by atoms with Gasteiger partial charge in [0.15, 0.2) is 0 Å². The molecule has 0 radical (unpaired) electrons. The van der Waals surface area contributed by atoms with Gasteiger partial charge in [0.25, 0.3) is 0 Å². The maximum Gasteiger partial charge on any atom is 0.0406 e.